The Labute approximate surface area is 103 Å². The monoisotopic (exact) mass is 257 g/mol. The van der Waals surface area contributed by atoms with Crippen LogP contribution in [-0.2, 0) is 4.79 Å². The maximum absolute atomic E-state index is 11.5. The van der Waals surface area contributed by atoms with Gasteiger partial charge < -0.3 is 10.4 Å². The molecule has 1 rings (SSSR count). The molecule has 7 heteroatoms. The molecule has 92 valence electrons. The van der Waals surface area contributed by atoms with Crippen LogP contribution in [0.3, 0.4) is 0 Å². The normalized spacial score (nSPS) is 11.9. The number of carboxylic acid groups (broad SMARTS) is 1. The third kappa shape index (κ3) is 4.36. The van der Waals surface area contributed by atoms with E-state index in [0.29, 0.717) is 6.42 Å². The Morgan fingerprint density at radius 3 is 2.71 bits per heavy atom. The van der Waals surface area contributed by atoms with Crippen molar-refractivity contribution in [2.45, 2.75) is 13.3 Å². The molecule has 0 aromatic carbocycles. The largest absolute Gasteiger partial charge is 0.481 e. The van der Waals surface area contributed by atoms with Crippen molar-refractivity contribution in [3.8, 4) is 0 Å². The number of aliphatic carboxylic acids is 1. The Morgan fingerprint density at radius 1 is 1.47 bits per heavy atom. The van der Waals surface area contributed by atoms with Crippen LogP contribution < -0.4 is 5.32 Å². The first kappa shape index (κ1) is 13.4. The molecule has 0 aliphatic carbocycles. The maximum Gasteiger partial charge on any atom is 0.306 e. The average molecular weight is 258 g/mol. The number of amides is 1. The molecule has 6 nitrogen and oxygen atoms in total. The molecule has 0 fully saturated rings. The molecular formula is C10H12ClN3O3. The fourth-order valence-corrected chi connectivity index (χ4v) is 1.15. The van der Waals surface area contributed by atoms with Gasteiger partial charge in [-0.05, 0) is 18.6 Å². The van der Waals surface area contributed by atoms with Crippen LogP contribution in [0.15, 0.2) is 12.1 Å². The summed E-state index contributed by atoms with van der Waals surface area (Å²) < 4.78 is 0. The number of halogens is 1. The summed E-state index contributed by atoms with van der Waals surface area (Å²) in [5.41, 5.74) is 0.150. The van der Waals surface area contributed by atoms with Gasteiger partial charge in [-0.3, -0.25) is 9.59 Å². The van der Waals surface area contributed by atoms with E-state index in [1.54, 1.807) is 6.92 Å². The lowest BCUT2D eigenvalue weighted by molar-refractivity contribution is -0.141. The van der Waals surface area contributed by atoms with Crippen molar-refractivity contribution >= 4 is 23.5 Å². The van der Waals surface area contributed by atoms with E-state index in [9.17, 15) is 9.59 Å². The molecule has 1 heterocycles. The first-order chi connectivity index (χ1) is 8.00. The fourth-order valence-electron chi connectivity index (χ4n) is 1.05. The SMILES string of the molecule is CC(CCNC(=O)c1ccc(Cl)nn1)C(=O)O. The van der Waals surface area contributed by atoms with Crippen LogP contribution in [0.1, 0.15) is 23.8 Å². The number of nitrogens with zero attached hydrogens (tertiary/aromatic N) is 2. The molecular weight excluding hydrogens is 246 g/mol. The van der Waals surface area contributed by atoms with E-state index in [1.807, 2.05) is 0 Å². The predicted molar refractivity (Wildman–Crippen MR) is 60.8 cm³/mol. The fraction of sp³-hybridized carbons (Fsp3) is 0.400. The van der Waals surface area contributed by atoms with Gasteiger partial charge in [-0.15, -0.1) is 10.2 Å². The Hall–Kier alpha value is -1.69. The second kappa shape index (κ2) is 6.15. The Bertz CT molecular complexity index is 408. The molecule has 0 aliphatic rings. The summed E-state index contributed by atoms with van der Waals surface area (Å²) in [7, 11) is 0. The van der Waals surface area contributed by atoms with Gasteiger partial charge >= 0.3 is 5.97 Å². The summed E-state index contributed by atoms with van der Waals surface area (Å²) >= 11 is 5.53. The number of nitrogens with one attached hydrogen (secondary N) is 1. The summed E-state index contributed by atoms with van der Waals surface area (Å²) in [6, 6.07) is 2.91. The van der Waals surface area contributed by atoms with E-state index in [-0.39, 0.29) is 17.4 Å². The number of carboxylic acids is 1. The average Bonchev–Trinajstić information content (AvgIpc) is 2.29. The summed E-state index contributed by atoms with van der Waals surface area (Å²) in [6.07, 6.45) is 0.363. The molecule has 1 atom stereocenters. The van der Waals surface area contributed by atoms with Gasteiger partial charge in [0, 0.05) is 6.54 Å². The zero-order valence-electron chi connectivity index (χ0n) is 9.18. The van der Waals surface area contributed by atoms with Crippen molar-refractivity contribution in [3.05, 3.63) is 23.0 Å². The molecule has 1 aromatic rings. The maximum atomic E-state index is 11.5. The van der Waals surface area contributed by atoms with Gasteiger partial charge in [0.2, 0.25) is 0 Å². The van der Waals surface area contributed by atoms with E-state index in [1.165, 1.54) is 12.1 Å². The second-order valence-corrected chi connectivity index (χ2v) is 3.91. The number of aromatic nitrogens is 2. The predicted octanol–water partition coefficient (Wildman–Crippen LogP) is 0.971. The summed E-state index contributed by atoms with van der Waals surface area (Å²) in [5, 5.41) is 18.5. The summed E-state index contributed by atoms with van der Waals surface area (Å²) in [6.45, 7) is 1.85. The molecule has 1 amide bonds. The van der Waals surface area contributed by atoms with Gasteiger partial charge in [0.1, 0.15) is 0 Å². The second-order valence-electron chi connectivity index (χ2n) is 3.53. The van der Waals surface area contributed by atoms with Crippen molar-refractivity contribution in [2.24, 2.45) is 5.92 Å². The van der Waals surface area contributed by atoms with Crippen LogP contribution in [0.5, 0.6) is 0 Å². The van der Waals surface area contributed by atoms with E-state index in [4.69, 9.17) is 16.7 Å². The smallest absolute Gasteiger partial charge is 0.306 e. The lowest BCUT2D eigenvalue weighted by atomic mass is 10.1. The zero-order chi connectivity index (χ0) is 12.8. The standard InChI is InChI=1S/C10H12ClN3O3/c1-6(10(16)17)4-5-12-9(15)7-2-3-8(11)14-13-7/h2-3,6H,4-5H2,1H3,(H,12,15)(H,16,17). The number of carbonyl (C=O) groups excluding carboxylic acids is 1. The molecule has 2 N–H and O–H groups in total. The van der Waals surface area contributed by atoms with Crippen molar-refractivity contribution in [3.63, 3.8) is 0 Å². The van der Waals surface area contributed by atoms with Gasteiger partial charge in [0.15, 0.2) is 10.8 Å². The minimum Gasteiger partial charge on any atom is -0.481 e. The minimum absolute atomic E-state index is 0.150. The van der Waals surface area contributed by atoms with E-state index >= 15 is 0 Å². The highest BCUT2D eigenvalue weighted by molar-refractivity contribution is 6.29. The number of hydrogen-bond donors (Lipinski definition) is 2. The summed E-state index contributed by atoms with van der Waals surface area (Å²) in [5.74, 6) is -1.77. The molecule has 0 spiro atoms. The molecule has 0 aliphatic heterocycles. The zero-order valence-corrected chi connectivity index (χ0v) is 9.94. The lowest BCUT2D eigenvalue weighted by Gasteiger charge is -2.07. The van der Waals surface area contributed by atoms with Crippen LogP contribution in [0.2, 0.25) is 5.15 Å². The van der Waals surface area contributed by atoms with E-state index in [0.717, 1.165) is 0 Å². The molecule has 17 heavy (non-hydrogen) atoms. The van der Waals surface area contributed by atoms with Crippen LogP contribution in [-0.4, -0.2) is 33.7 Å². The molecule has 1 unspecified atom stereocenters. The van der Waals surface area contributed by atoms with Gasteiger partial charge in [0.05, 0.1) is 5.92 Å². The molecule has 1 aromatic heterocycles. The van der Waals surface area contributed by atoms with Crippen LogP contribution in [0.25, 0.3) is 0 Å². The quantitative estimate of drug-likeness (QED) is 0.820. The molecule has 0 radical (unpaired) electrons. The van der Waals surface area contributed by atoms with E-state index < -0.39 is 17.8 Å². The van der Waals surface area contributed by atoms with Gasteiger partial charge in [-0.1, -0.05) is 18.5 Å². The number of carbonyl (C=O) groups is 2. The van der Waals surface area contributed by atoms with Crippen molar-refractivity contribution < 1.29 is 14.7 Å². The number of rotatable bonds is 5. The first-order valence-electron chi connectivity index (χ1n) is 5.01. The molecule has 0 bridgehead atoms. The molecule has 0 saturated carbocycles. The van der Waals surface area contributed by atoms with Crippen molar-refractivity contribution in [1.29, 1.82) is 0 Å². The highest BCUT2D eigenvalue weighted by Gasteiger charge is 2.12. The third-order valence-corrected chi connectivity index (χ3v) is 2.35. The van der Waals surface area contributed by atoms with Gasteiger partial charge in [-0.25, -0.2) is 0 Å². The van der Waals surface area contributed by atoms with Crippen LogP contribution >= 0.6 is 11.6 Å². The topological polar surface area (TPSA) is 92.2 Å². The highest BCUT2D eigenvalue weighted by Crippen LogP contribution is 2.03. The van der Waals surface area contributed by atoms with Crippen LogP contribution in [0, 0.1) is 5.92 Å². The van der Waals surface area contributed by atoms with Crippen molar-refractivity contribution in [2.75, 3.05) is 6.54 Å². The Morgan fingerprint density at radius 2 is 2.18 bits per heavy atom. The Kier molecular flexibility index (Phi) is 4.84. The van der Waals surface area contributed by atoms with Gasteiger partial charge in [-0.2, -0.15) is 0 Å². The third-order valence-electron chi connectivity index (χ3n) is 2.15. The van der Waals surface area contributed by atoms with Crippen LogP contribution in [0.4, 0.5) is 0 Å². The Balaban J connectivity index is 2.40. The van der Waals surface area contributed by atoms with Crippen molar-refractivity contribution in [1.82, 2.24) is 15.5 Å². The highest BCUT2D eigenvalue weighted by atomic mass is 35.5. The molecule has 0 saturated heterocycles. The van der Waals surface area contributed by atoms with Gasteiger partial charge in [0.25, 0.3) is 5.91 Å². The lowest BCUT2D eigenvalue weighted by Crippen LogP contribution is -2.27. The number of hydrogen-bond acceptors (Lipinski definition) is 4. The first-order valence-corrected chi connectivity index (χ1v) is 5.38. The van der Waals surface area contributed by atoms with E-state index in [2.05, 4.69) is 15.5 Å². The summed E-state index contributed by atoms with van der Waals surface area (Å²) in [4.78, 5) is 22.0. The minimum atomic E-state index is -0.884.